The average molecular weight is 467 g/mol. The van der Waals surface area contributed by atoms with Crippen molar-refractivity contribution in [2.24, 2.45) is 5.92 Å². The molecule has 3 aromatic carbocycles. The van der Waals surface area contributed by atoms with Gasteiger partial charge in [-0.25, -0.2) is 12.8 Å². The minimum absolute atomic E-state index is 0.0652. The van der Waals surface area contributed by atoms with Crippen LogP contribution in [0.5, 0.6) is 0 Å². The van der Waals surface area contributed by atoms with E-state index >= 15 is 0 Å². The molecule has 3 aromatic rings. The van der Waals surface area contributed by atoms with Crippen LogP contribution in [0.1, 0.15) is 35.6 Å². The van der Waals surface area contributed by atoms with Crippen LogP contribution in [0.25, 0.3) is 0 Å². The van der Waals surface area contributed by atoms with Crippen LogP contribution in [-0.4, -0.2) is 31.7 Å². The third-order valence-electron chi connectivity index (χ3n) is 6.07. The molecule has 1 N–H and O–H groups in total. The number of nitrogens with one attached hydrogen (secondary N) is 1. The fourth-order valence-corrected chi connectivity index (χ4v) is 5.70. The molecule has 0 aromatic heterocycles. The number of hydrogen-bond donors (Lipinski definition) is 1. The van der Waals surface area contributed by atoms with E-state index in [1.54, 1.807) is 0 Å². The van der Waals surface area contributed by atoms with Gasteiger partial charge in [-0.3, -0.25) is 4.79 Å². The van der Waals surface area contributed by atoms with Gasteiger partial charge in [-0.15, -0.1) is 0 Å². The van der Waals surface area contributed by atoms with Gasteiger partial charge in [-0.05, 0) is 55.2 Å². The number of nitrogens with zero attached hydrogens (tertiary/aromatic N) is 1. The van der Waals surface area contributed by atoms with E-state index in [9.17, 15) is 17.6 Å². The Morgan fingerprint density at radius 3 is 2.21 bits per heavy atom. The van der Waals surface area contributed by atoms with Crippen molar-refractivity contribution in [1.82, 2.24) is 9.62 Å². The minimum atomic E-state index is -3.71. The summed E-state index contributed by atoms with van der Waals surface area (Å²) in [5.74, 6) is -0.837. The van der Waals surface area contributed by atoms with Gasteiger partial charge in [-0.1, -0.05) is 60.2 Å². The molecule has 0 unspecified atom stereocenters. The molecule has 1 atom stereocenters. The molecule has 1 amide bonds. The number of carbonyl (C=O) groups excluding carboxylic acids is 1. The van der Waals surface area contributed by atoms with Gasteiger partial charge in [0.2, 0.25) is 15.9 Å². The summed E-state index contributed by atoms with van der Waals surface area (Å²) >= 11 is 0. The standard InChI is InChI=1S/C26H27FN2O3S/c1-19-6-5-9-22(18-19)25(20-7-3-2-4-8-20)28-26(30)21-14-16-29(17-15-21)33(31,32)24-12-10-23(27)11-13-24/h2-13,18,21,25H,14-17H2,1H3,(H,28,30)/t25-/m0/s1. The van der Waals surface area contributed by atoms with Crippen molar-refractivity contribution in [3.63, 3.8) is 0 Å². The lowest BCUT2D eigenvalue weighted by atomic mass is 9.93. The van der Waals surface area contributed by atoms with Gasteiger partial charge in [0, 0.05) is 19.0 Å². The minimum Gasteiger partial charge on any atom is -0.345 e. The largest absolute Gasteiger partial charge is 0.345 e. The molecule has 1 aliphatic heterocycles. The number of aryl methyl sites for hydroxylation is 1. The number of sulfonamides is 1. The summed E-state index contributed by atoms with van der Waals surface area (Å²) in [6, 6.07) is 22.4. The molecule has 5 nitrogen and oxygen atoms in total. The van der Waals surface area contributed by atoms with E-state index in [1.807, 2.05) is 55.5 Å². The third kappa shape index (κ3) is 5.31. The number of piperidine rings is 1. The third-order valence-corrected chi connectivity index (χ3v) is 7.98. The van der Waals surface area contributed by atoms with E-state index in [-0.39, 0.29) is 35.9 Å². The number of benzene rings is 3. The highest BCUT2D eigenvalue weighted by atomic mass is 32.2. The lowest BCUT2D eigenvalue weighted by Gasteiger charge is -2.31. The molecular weight excluding hydrogens is 439 g/mol. The molecule has 1 heterocycles. The summed E-state index contributed by atoms with van der Waals surface area (Å²) in [5, 5.41) is 3.19. The van der Waals surface area contributed by atoms with Crippen LogP contribution in [0.3, 0.4) is 0 Å². The van der Waals surface area contributed by atoms with Gasteiger partial charge >= 0.3 is 0 Å². The van der Waals surface area contributed by atoms with E-state index in [2.05, 4.69) is 11.4 Å². The molecule has 0 aliphatic carbocycles. The zero-order valence-electron chi connectivity index (χ0n) is 18.4. The molecule has 0 spiro atoms. The number of hydrogen-bond acceptors (Lipinski definition) is 3. The summed E-state index contributed by atoms with van der Waals surface area (Å²) in [6.45, 7) is 2.52. The van der Waals surface area contributed by atoms with Crippen LogP contribution in [0.2, 0.25) is 0 Å². The summed E-state index contributed by atoms with van der Waals surface area (Å²) in [5.41, 5.74) is 3.11. The van der Waals surface area contributed by atoms with Gasteiger partial charge < -0.3 is 5.32 Å². The zero-order chi connectivity index (χ0) is 23.4. The highest BCUT2D eigenvalue weighted by Gasteiger charge is 2.33. The number of rotatable bonds is 6. The Kier molecular flexibility index (Phi) is 6.91. The molecule has 1 fully saturated rings. The summed E-state index contributed by atoms with van der Waals surface area (Å²) < 4.78 is 40.3. The first-order chi connectivity index (χ1) is 15.8. The van der Waals surface area contributed by atoms with Crippen LogP contribution in [0.15, 0.2) is 83.8 Å². The van der Waals surface area contributed by atoms with E-state index in [0.29, 0.717) is 12.8 Å². The van der Waals surface area contributed by atoms with E-state index in [0.717, 1.165) is 28.8 Å². The molecule has 7 heteroatoms. The van der Waals surface area contributed by atoms with Gasteiger partial charge in [0.15, 0.2) is 0 Å². The van der Waals surface area contributed by atoms with Crippen molar-refractivity contribution in [2.45, 2.75) is 30.7 Å². The first-order valence-electron chi connectivity index (χ1n) is 11.0. The van der Waals surface area contributed by atoms with Gasteiger partial charge in [-0.2, -0.15) is 4.31 Å². The molecule has 0 bridgehead atoms. The maximum atomic E-state index is 13.2. The van der Waals surface area contributed by atoms with Gasteiger partial charge in [0.25, 0.3) is 0 Å². The topological polar surface area (TPSA) is 66.5 Å². The first kappa shape index (κ1) is 23.1. The number of amides is 1. The second-order valence-electron chi connectivity index (χ2n) is 8.40. The molecule has 1 aliphatic rings. The number of halogens is 1. The summed E-state index contributed by atoms with van der Waals surface area (Å²) in [6.07, 6.45) is 0.864. The smallest absolute Gasteiger partial charge is 0.243 e. The monoisotopic (exact) mass is 466 g/mol. The van der Waals surface area contributed by atoms with Crippen molar-refractivity contribution in [2.75, 3.05) is 13.1 Å². The second-order valence-corrected chi connectivity index (χ2v) is 10.3. The average Bonchev–Trinajstić information content (AvgIpc) is 2.83. The molecule has 4 rings (SSSR count). The predicted molar refractivity (Wildman–Crippen MR) is 125 cm³/mol. The Bertz CT molecular complexity index is 1210. The van der Waals surface area contributed by atoms with Crippen molar-refractivity contribution in [3.05, 3.63) is 101 Å². The van der Waals surface area contributed by atoms with Crippen LogP contribution in [0.4, 0.5) is 4.39 Å². The van der Waals surface area contributed by atoms with Crippen molar-refractivity contribution in [3.8, 4) is 0 Å². The quantitative estimate of drug-likeness (QED) is 0.584. The normalized spacial score (nSPS) is 16.3. The Balaban J connectivity index is 1.45. The Labute approximate surface area is 194 Å². The van der Waals surface area contributed by atoms with Crippen LogP contribution < -0.4 is 5.32 Å². The van der Waals surface area contributed by atoms with Crippen LogP contribution in [-0.2, 0) is 14.8 Å². The lowest BCUT2D eigenvalue weighted by Crippen LogP contribution is -2.43. The van der Waals surface area contributed by atoms with Crippen molar-refractivity contribution in [1.29, 1.82) is 0 Å². The Morgan fingerprint density at radius 2 is 1.58 bits per heavy atom. The molecule has 0 saturated carbocycles. The molecular formula is C26H27FN2O3S. The fourth-order valence-electron chi connectivity index (χ4n) is 4.23. The highest BCUT2D eigenvalue weighted by Crippen LogP contribution is 2.27. The first-order valence-corrected chi connectivity index (χ1v) is 12.5. The van der Waals surface area contributed by atoms with Crippen LogP contribution >= 0.6 is 0 Å². The summed E-state index contributed by atoms with van der Waals surface area (Å²) in [7, 11) is -3.71. The lowest BCUT2D eigenvalue weighted by molar-refractivity contribution is -0.126. The zero-order valence-corrected chi connectivity index (χ0v) is 19.3. The maximum absolute atomic E-state index is 13.2. The molecule has 0 radical (unpaired) electrons. The highest BCUT2D eigenvalue weighted by molar-refractivity contribution is 7.89. The maximum Gasteiger partial charge on any atom is 0.243 e. The second kappa shape index (κ2) is 9.85. The molecule has 172 valence electrons. The summed E-state index contributed by atoms with van der Waals surface area (Å²) in [4.78, 5) is 13.2. The number of carbonyl (C=O) groups is 1. The van der Waals surface area contributed by atoms with E-state index in [4.69, 9.17) is 0 Å². The van der Waals surface area contributed by atoms with Crippen LogP contribution in [0, 0.1) is 18.7 Å². The van der Waals surface area contributed by atoms with Gasteiger partial charge in [0.05, 0.1) is 10.9 Å². The molecule has 33 heavy (non-hydrogen) atoms. The van der Waals surface area contributed by atoms with Crippen molar-refractivity contribution >= 4 is 15.9 Å². The van der Waals surface area contributed by atoms with E-state index < -0.39 is 15.8 Å². The van der Waals surface area contributed by atoms with Crippen molar-refractivity contribution < 1.29 is 17.6 Å². The van der Waals surface area contributed by atoms with Gasteiger partial charge in [0.1, 0.15) is 5.82 Å². The Morgan fingerprint density at radius 1 is 0.939 bits per heavy atom. The molecule has 1 saturated heterocycles. The predicted octanol–water partition coefficient (Wildman–Crippen LogP) is 4.44. The fraction of sp³-hybridized carbons (Fsp3) is 0.269. The Hall–Kier alpha value is -3.03. The van der Waals surface area contributed by atoms with E-state index in [1.165, 1.54) is 16.4 Å². The SMILES string of the molecule is Cc1cccc([C@@H](NC(=O)C2CCN(S(=O)(=O)c3ccc(F)cc3)CC2)c2ccccc2)c1.